The van der Waals surface area contributed by atoms with Crippen LogP contribution >= 0.6 is 11.6 Å². The third-order valence-corrected chi connectivity index (χ3v) is 7.66. The Bertz CT molecular complexity index is 1580. The smallest absolute Gasteiger partial charge is 0.410 e. The largest absolute Gasteiger partial charge is 0.494 e. The van der Waals surface area contributed by atoms with Gasteiger partial charge in [-0.25, -0.2) is 14.2 Å². The highest BCUT2D eigenvalue weighted by atomic mass is 35.5. The first-order valence-corrected chi connectivity index (χ1v) is 13.6. The highest BCUT2D eigenvalue weighted by molar-refractivity contribution is 6.34. The molecule has 1 saturated carbocycles. The number of piperidine rings is 1. The van der Waals surface area contributed by atoms with E-state index in [0.29, 0.717) is 18.8 Å². The Labute approximate surface area is 245 Å². The van der Waals surface area contributed by atoms with Crippen LogP contribution in [-0.4, -0.2) is 64.2 Å². The van der Waals surface area contributed by atoms with E-state index in [9.17, 15) is 23.2 Å². The molecule has 10 nitrogen and oxygen atoms in total. The van der Waals surface area contributed by atoms with Crippen LogP contribution in [0.25, 0.3) is 11.3 Å². The van der Waals surface area contributed by atoms with E-state index in [1.807, 2.05) is 20.8 Å². The zero-order valence-electron chi connectivity index (χ0n) is 23.6. The Morgan fingerprint density at radius 2 is 1.74 bits per heavy atom. The molecule has 3 amide bonds. The second-order valence-corrected chi connectivity index (χ2v) is 11.7. The highest BCUT2D eigenvalue weighted by Gasteiger charge is 2.58. The SMILES string of the molecule is COc1ccc(-c2cnc(C(=O)Nc3ccc(C(=O)N[C@H]4[C@@H]5CN(C(=O)OC(C)(C)C)C[C@@H]54)c(Cl)c3)n2C)c(F)c1F. The van der Waals surface area contributed by atoms with Crippen LogP contribution in [0.4, 0.5) is 19.3 Å². The molecule has 2 heterocycles. The summed E-state index contributed by atoms with van der Waals surface area (Å²) in [6.07, 6.45) is 0.906. The summed E-state index contributed by atoms with van der Waals surface area (Å²) in [5, 5.41) is 5.76. The monoisotopic (exact) mass is 601 g/mol. The number of anilines is 1. The Morgan fingerprint density at radius 1 is 1.05 bits per heavy atom. The van der Waals surface area contributed by atoms with Crippen molar-refractivity contribution >= 4 is 35.2 Å². The van der Waals surface area contributed by atoms with Crippen molar-refractivity contribution in [3.63, 3.8) is 0 Å². The number of benzene rings is 2. The van der Waals surface area contributed by atoms with Gasteiger partial charge in [0.05, 0.1) is 29.6 Å². The zero-order valence-corrected chi connectivity index (χ0v) is 24.4. The highest BCUT2D eigenvalue weighted by Crippen LogP contribution is 2.46. The van der Waals surface area contributed by atoms with Gasteiger partial charge in [-0.1, -0.05) is 11.6 Å². The quantitative estimate of drug-likeness (QED) is 0.416. The molecule has 222 valence electrons. The van der Waals surface area contributed by atoms with Gasteiger partial charge in [-0.15, -0.1) is 0 Å². The van der Waals surface area contributed by atoms with Crippen molar-refractivity contribution in [1.29, 1.82) is 0 Å². The number of carbonyl (C=O) groups excluding carboxylic acids is 3. The van der Waals surface area contributed by atoms with Gasteiger partial charge in [0, 0.05) is 49.3 Å². The van der Waals surface area contributed by atoms with Crippen molar-refractivity contribution in [1.82, 2.24) is 19.8 Å². The number of methoxy groups -OCH3 is 1. The lowest BCUT2D eigenvalue weighted by atomic mass is 10.1. The molecule has 42 heavy (non-hydrogen) atoms. The van der Waals surface area contributed by atoms with Crippen LogP contribution in [0, 0.1) is 23.5 Å². The number of nitrogens with zero attached hydrogens (tertiary/aromatic N) is 3. The minimum absolute atomic E-state index is 0.0562. The Hall–Kier alpha value is -4.19. The number of halogens is 3. The van der Waals surface area contributed by atoms with Crippen LogP contribution in [0.2, 0.25) is 5.02 Å². The molecule has 1 aliphatic carbocycles. The van der Waals surface area contributed by atoms with Crippen molar-refractivity contribution in [3.8, 4) is 17.0 Å². The summed E-state index contributed by atoms with van der Waals surface area (Å²) in [4.78, 5) is 43.9. The summed E-state index contributed by atoms with van der Waals surface area (Å²) in [5.41, 5.74) is 0.0720. The number of rotatable bonds is 6. The summed E-state index contributed by atoms with van der Waals surface area (Å²) in [6.45, 7) is 6.47. The van der Waals surface area contributed by atoms with Crippen molar-refractivity contribution in [2.45, 2.75) is 32.4 Å². The molecule has 2 fully saturated rings. The third-order valence-electron chi connectivity index (χ3n) is 7.35. The molecular formula is C29H30ClF2N5O5. The van der Waals surface area contributed by atoms with E-state index in [1.54, 1.807) is 4.90 Å². The van der Waals surface area contributed by atoms with Gasteiger partial charge in [0.15, 0.2) is 17.4 Å². The van der Waals surface area contributed by atoms with Gasteiger partial charge in [0.25, 0.3) is 11.8 Å². The van der Waals surface area contributed by atoms with Crippen LogP contribution in [-0.2, 0) is 11.8 Å². The van der Waals surface area contributed by atoms with E-state index in [4.69, 9.17) is 21.1 Å². The Morgan fingerprint density at radius 3 is 2.36 bits per heavy atom. The average molecular weight is 602 g/mol. The molecule has 0 unspecified atom stereocenters. The molecule has 1 saturated heterocycles. The lowest BCUT2D eigenvalue weighted by Crippen LogP contribution is -2.40. The van der Waals surface area contributed by atoms with Crippen molar-refractivity contribution in [3.05, 3.63) is 64.6 Å². The molecule has 2 aliphatic rings. The van der Waals surface area contributed by atoms with Gasteiger partial charge in [-0.3, -0.25) is 9.59 Å². The topological polar surface area (TPSA) is 115 Å². The predicted molar refractivity (Wildman–Crippen MR) is 151 cm³/mol. The van der Waals surface area contributed by atoms with Crippen LogP contribution in [0.3, 0.4) is 0 Å². The van der Waals surface area contributed by atoms with Crippen molar-refractivity contribution < 1.29 is 32.6 Å². The van der Waals surface area contributed by atoms with Crippen molar-refractivity contribution in [2.24, 2.45) is 18.9 Å². The van der Waals surface area contributed by atoms with Crippen LogP contribution in [0.1, 0.15) is 41.7 Å². The van der Waals surface area contributed by atoms with Gasteiger partial charge in [-0.05, 0) is 51.1 Å². The van der Waals surface area contributed by atoms with E-state index in [2.05, 4.69) is 15.6 Å². The molecule has 13 heteroatoms. The summed E-state index contributed by atoms with van der Waals surface area (Å²) in [6, 6.07) is 7.03. The van der Waals surface area contributed by atoms with E-state index < -0.39 is 23.1 Å². The number of likely N-dealkylation sites (tertiary alicyclic amines) is 1. The zero-order chi connectivity index (χ0) is 30.5. The molecule has 0 bridgehead atoms. The minimum atomic E-state index is -1.14. The average Bonchev–Trinajstić information content (AvgIpc) is 3.22. The predicted octanol–water partition coefficient (Wildman–Crippen LogP) is 4.87. The summed E-state index contributed by atoms with van der Waals surface area (Å²) < 4.78 is 40.4. The fourth-order valence-corrected chi connectivity index (χ4v) is 5.43. The first-order valence-electron chi connectivity index (χ1n) is 13.2. The van der Waals surface area contributed by atoms with Gasteiger partial charge in [0.1, 0.15) is 5.60 Å². The number of amides is 3. The standard InChI is InChI=1S/C29H30ClF2N5O5/c1-29(2,3)42-28(40)37-12-17-18(13-37)24(17)35-26(38)15-7-6-14(10-19(15)30)34-27(39)25-33-11-20(36(25)4)16-8-9-21(41-5)23(32)22(16)31/h6-11,17-18,24H,12-13H2,1-5H3,(H,34,39)(H,35,38)/t17-,18+,24+. The lowest BCUT2D eigenvalue weighted by Gasteiger charge is -2.26. The number of aromatic nitrogens is 2. The minimum Gasteiger partial charge on any atom is -0.494 e. The van der Waals surface area contributed by atoms with Gasteiger partial charge >= 0.3 is 6.09 Å². The molecular weight excluding hydrogens is 572 g/mol. The summed E-state index contributed by atoms with van der Waals surface area (Å²) in [7, 11) is 2.73. The van der Waals surface area contributed by atoms with Crippen LogP contribution in [0.15, 0.2) is 36.5 Å². The van der Waals surface area contributed by atoms with Crippen LogP contribution < -0.4 is 15.4 Å². The molecule has 0 spiro atoms. The second-order valence-electron chi connectivity index (χ2n) is 11.3. The molecule has 3 aromatic rings. The van der Waals surface area contributed by atoms with E-state index >= 15 is 0 Å². The number of fused-ring (bicyclic) bond motifs is 1. The first-order chi connectivity index (χ1) is 19.8. The van der Waals surface area contributed by atoms with Gasteiger partial charge < -0.3 is 29.6 Å². The number of ether oxygens (including phenoxy) is 2. The van der Waals surface area contributed by atoms with Crippen LogP contribution in [0.5, 0.6) is 5.75 Å². The van der Waals surface area contributed by atoms with E-state index in [0.717, 1.165) is 0 Å². The van der Waals surface area contributed by atoms with Gasteiger partial charge in [0.2, 0.25) is 5.82 Å². The fourth-order valence-electron chi connectivity index (χ4n) is 5.17. The Kier molecular flexibility index (Phi) is 7.61. The molecule has 2 N–H and O–H groups in total. The number of imidazole rings is 1. The maximum absolute atomic E-state index is 14.6. The first kappa shape index (κ1) is 29.3. The van der Waals surface area contributed by atoms with Gasteiger partial charge in [-0.2, -0.15) is 4.39 Å². The molecule has 2 aromatic carbocycles. The maximum atomic E-state index is 14.6. The number of nitrogens with one attached hydrogen (secondary N) is 2. The number of hydrogen-bond acceptors (Lipinski definition) is 6. The fraction of sp³-hybridized carbons (Fsp3) is 0.379. The number of hydrogen-bond donors (Lipinski definition) is 2. The Balaban J connectivity index is 1.20. The number of carbonyl (C=O) groups is 3. The second kappa shape index (κ2) is 10.9. The lowest BCUT2D eigenvalue weighted by molar-refractivity contribution is 0.0269. The molecule has 1 aliphatic heterocycles. The molecule has 1 aromatic heterocycles. The summed E-state index contributed by atoms with van der Waals surface area (Å²) in [5.74, 6) is -3.23. The maximum Gasteiger partial charge on any atom is 0.410 e. The van der Waals surface area contributed by atoms with E-state index in [-0.39, 0.29) is 63.3 Å². The van der Waals surface area contributed by atoms with Crippen molar-refractivity contribution in [2.75, 3.05) is 25.5 Å². The third kappa shape index (κ3) is 5.63. The summed E-state index contributed by atoms with van der Waals surface area (Å²) >= 11 is 6.39. The van der Waals surface area contributed by atoms with E-state index in [1.165, 1.54) is 55.3 Å². The molecule has 5 rings (SSSR count). The normalized spacial score (nSPS) is 19.2. The molecule has 0 radical (unpaired) electrons. The molecule has 3 atom stereocenters.